The minimum Gasteiger partial charge on any atom is -0.481 e. The summed E-state index contributed by atoms with van der Waals surface area (Å²) >= 11 is 0. The quantitative estimate of drug-likeness (QED) is 0.766. The molecule has 1 atom stereocenters. The number of esters is 1. The third kappa shape index (κ3) is 5.69. The molecule has 0 aromatic carbocycles. The minimum atomic E-state index is -1.08. The van der Waals surface area contributed by atoms with Gasteiger partial charge < -0.3 is 14.9 Å². The monoisotopic (exact) mass is 284 g/mol. The summed E-state index contributed by atoms with van der Waals surface area (Å²) in [5.41, 5.74) is -0.949. The number of carboxylic acids is 2. The van der Waals surface area contributed by atoms with Crippen LogP contribution in [0.2, 0.25) is 0 Å². The second-order valence-corrected chi connectivity index (χ2v) is 4.58. The van der Waals surface area contributed by atoms with Crippen LogP contribution in [0.4, 0.5) is 0 Å². The van der Waals surface area contributed by atoms with Gasteiger partial charge in [0.25, 0.3) is 0 Å². The number of aliphatic carboxylic acids is 2. The van der Waals surface area contributed by atoms with E-state index < -0.39 is 17.4 Å². The fourth-order valence-electron chi connectivity index (χ4n) is 1.49. The molecular formula is C14H20O6. The first-order chi connectivity index (χ1) is 9.26. The van der Waals surface area contributed by atoms with Gasteiger partial charge in [0.1, 0.15) is 0 Å². The van der Waals surface area contributed by atoms with E-state index in [1.165, 1.54) is 32.3 Å². The summed E-state index contributed by atoms with van der Waals surface area (Å²) < 4.78 is 4.35. The molecule has 6 heteroatoms. The van der Waals surface area contributed by atoms with Gasteiger partial charge in [0.2, 0.25) is 0 Å². The second kappa shape index (κ2) is 8.14. The van der Waals surface area contributed by atoms with Crippen LogP contribution in [0.5, 0.6) is 0 Å². The van der Waals surface area contributed by atoms with Crippen molar-refractivity contribution in [3.63, 3.8) is 0 Å². The Labute approximate surface area is 117 Å². The largest absolute Gasteiger partial charge is 0.481 e. The Balaban J connectivity index is 0.000000441. The molecule has 0 aliphatic heterocycles. The highest BCUT2D eigenvalue weighted by Crippen LogP contribution is 2.31. The lowest BCUT2D eigenvalue weighted by Crippen LogP contribution is -2.28. The van der Waals surface area contributed by atoms with Gasteiger partial charge in [0, 0.05) is 12.0 Å². The molecule has 6 nitrogen and oxygen atoms in total. The Morgan fingerprint density at radius 3 is 2.30 bits per heavy atom. The first-order valence-corrected chi connectivity index (χ1v) is 6.18. The van der Waals surface area contributed by atoms with Crippen LogP contribution in [0, 0.1) is 5.41 Å². The third-order valence-electron chi connectivity index (χ3n) is 2.76. The van der Waals surface area contributed by atoms with Gasteiger partial charge in [0.05, 0.1) is 12.5 Å². The second-order valence-electron chi connectivity index (χ2n) is 4.58. The fourth-order valence-corrected chi connectivity index (χ4v) is 1.49. The first-order valence-electron chi connectivity index (χ1n) is 6.18. The Morgan fingerprint density at radius 1 is 1.35 bits per heavy atom. The van der Waals surface area contributed by atoms with Gasteiger partial charge in [-0.2, -0.15) is 0 Å². The highest BCUT2D eigenvalue weighted by atomic mass is 16.5. The molecule has 1 aliphatic rings. The van der Waals surface area contributed by atoms with Crippen molar-refractivity contribution in [1.29, 1.82) is 0 Å². The molecule has 0 saturated heterocycles. The van der Waals surface area contributed by atoms with Crippen LogP contribution < -0.4 is 0 Å². The molecule has 0 amide bonds. The number of allylic oxidation sites excluding steroid dienone is 2. The van der Waals surface area contributed by atoms with E-state index in [2.05, 4.69) is 4.74 Å². The van der Waals surface area contributed by atoms with Crippen molar-refractivity contribution in [1.82, 2.24) is 0 Å². The van der Waals surface area contributed by atoms with Crippen molar-refractivity contribution < 1.29 is 29.3 Å². The molecule has 0 radical (unpaired) electrons. The summed E-state index contributed by atoms with van der Waals surface area (Å²) in [6.45, 7) is 3.44. The van der Waals surface area contributed by atoms with Gasteiger partial charge >= 0.3 is 17.9 Å². The van der Waals surface area contributed by atoms with Crippen LogP contribution in [-0.2, 0) is 19.1 Å². The minimum absolute atomic E-state index is 0.0359. The molecule has 0 heterocycles. The van der Waals surface area contributed by atoms with E-state index in [0.29, 0.717) is 6.42 Å². The van der Waals surface area contributed by atoms with Gasteiger partial charge in [-0.05, 0) is 19.8 Å². The molecule has 1 unspecified atom stereocenters. The highest BCUT2D eigenvalue weighted by molar-refractivity contribution is 5.90. The van der Waals surface area contributed by atoms with Crippen LogP contribution in [0.15, 0.2) is 23.8 Å². The van der Waals surface area contributed by atoms with Gasteiger partial charge in [-0.3, -0.25) is 9.59 Å². The van der Waals surface area contributed by atoms with Gasteiger partial charge in [-0.15, -0.1) is 0 Å². The third-order valence-corrected chi connectivity index (χ3v) is 2.76. The maximum Gasteiger partial charge on any atom is 0.331 e. The highest BCUT2D eigenvalue weighted by Gasteiger charge is 2.34. The Kier molecular flexibility index (Phi) is 7.28. The van der Waals surface area contributed by atoms with Crippen LogP contribution in [-0.4, -0.2) is 35.2 Å². The summed E-state index contributed by atoms with van der Waals surface area (Å²) in [4.78, 5) is 31.5. The summed E-state index contributed by atoms with van der Waals surface area (Å²) in [6, 6.07) is 0. The topological polar surface area (TPSA) is 101 Å². The van der Waals surface area contributed by atoms with E-state index in [1.54, 1.807) is 0 Å². The van der Waals surface area contributed by atoms with Crippen LogP contribution in [0.25, 0.3) is 0 Å². The summed E-state index contributed by atoms with van der Waals surface area (Å²) in [5, 5.41) is 17.5. The first kappa shape index (κ1) is 17.9. The molecule has 112 valence electrons. The number of carbonyl (C=O) groups excluding carboxylic acids is 1. The molecule has 1 rings (SSSR count). The summed E-state index contributed by atoms with van der Waals surface area (Å²) in [7, 11) is 1.40. The zero-order valence-corrected chi connectivity index (χ0v) is 11.9. The SMILES string of the molecule is CC1(C(=O)O)C=CC=C(C(=O)O)C1.CCCC(=O)OC. The van der Waals surface area contributed by atoms with E-state index in [9.17, 15) is 14.4 Å². The zero-order valence-electron chi connectivity index (χ0n) is 11.9. The van der Waals surface area contributed by atoms with E-state index in [0.717, 1.165) is 6.42 Å². The van der Waals surface area contributed by atoms with E-state index in [1.807, 2.05) is 6.92 Å². The number of ether oxygens (including phenoxy) is 1. The van der Waals surface area contributed by atoms with E-state index in [4.69, 9.17) is 10.2 Å². The van der Waals surface area contributed by atoms with Crippen molar-refractivity contribution in [3.8, 4) is 0 Å². The lowest BCUT2D eigenvalue weighted by molar-refractivity contribution is -0.145. The normalized spacial score (nSPS) is 20.2. The molecule has 0 aromatic rings. The van der Waals surface area contributed by atoms with Crippen LogP contribution in [0.3, 0.4) is 0 Å². The van der Waals surface area contributed by atoms with E-state index >= 15 is 0 Å². The van der Waals surface area contributed by atoms with Crippen molar-refractivity contribution in [2.75, 3.05) is 7.11 Å². The van der Waals surface area contributed by atoms with Gasteiger partial charge in [-0.1, -0.05) is 25.2 Å². The molecule has 0 saturated carbocycles. The van der Waals surface area contributed by atoms with Crippen molar-refractivity contribution in [3.05, 3.63) is 23.8 Å². The standard InChI is InChI=1S/C9H10O4.C5H10O2/c1-9(8(12)13)4-2-3-6(5-9)7(10)11;1-3-4-5(6)7-2/h2-4H,5H2,1H3,(H,10,11)(H,12,13);3-4H2,1-2H3. The molecule has 0 bridgehead atoms. The maximum absolute atomic E-state index is 10.8. The Morgan fingerprint density at radius 2 is 1.95 bits per heavy atom. The zero-order chi connectivity index (χ0) is 15.8. The number of rotatable bonds is 4. The molecule has 1 aliphatic carbocycles. The van der Waals surface area contributed by atoms with Gasteiger partial charge in [-0.25, -0.2) is 4.79 Å². The number of carboxylic acid groups (broad SMARTS) is 2. The molecule has 0 spiro atoms. The summed E-state index contributed by atoms with van der Waals surface area (Å²) in [6.07, 6.45) is 5.84. The van der Waals surface area contributed by atoms with Gasteiger partial charge in [0.15, 0.2) is 0 Å². The van der Waals surface area contributed by atoms with Crippen molar-refractivity contribution in [2.45, 2.75) is 33.1 Å². The van der Waals surface area contributed by atoms with E-state index in [-0.39, 0.29) is 18.0 Å². The number of methoxy groups -OCH3 is 1. The molecule has 2 N–H and O–H groups in total. The maximum atomic E-state index is 10.8. The molecular weight excluding hydrogens is 264 g/mol. The lowest BCUT2D eigenvalue weighted by Gasteiger charge is -2.23. The van der Waals surface area contributed by atoms with Crippen molar-refractivity contribution >= 4 is 17.9 Å². The van der Waals surface area contributed by atoms with Crippen LogP contribution >= 0.6 is 0 Å². The predicted octanol–water partition coefficient (Wildman–Crippen LogP) is 2.01. The Hall–Kier alpha value is -2.11. The lowest BCUT2D eigenvalue weighted by atomic mass is 9.80. The smallest absolute Gasteiger partial charge is 0.331 e. The van der Waals surface area contributed by atoms with Crippen LogP contribution in [0.1, 0.15) is 33.1 Å². The number of hydrogen-bond acceptors (Lipinski definition) is 4. The average molecular weight is 284 g/mol. The van der Waals surface area contributed by atoms with Crippen molar-refractivity contribution in [2.24, 2.45) is 5.41 Å². The molecule has 0 fully saturated rings. The average Bonchev–Trinajstić information content (AvgIpc) is 2.39. The fraction of sp³-hybridized carbons (Fsp3) is 0.500. The predicted molar refractivity (Wildman–Crippen MR) is 72.1 cm³/mol. The molecule has 20 heavy (non-hydrogen) atoms. The Bertz CT molecular complexity index is 435. The molecule has 0 aromatic heterocycles. The number of carbonyl (C=O) groups is 3. The number of hydrogen-bond donors (Lipinski definition) is 2. The summed E-state index contributed by atoms with van der Waals surface area (Å²) in [5.74, 6) is -2.19.